The van der Waals surface area contributed by atoms with E-state index in [0.717, 1.165) is 33.3 Å². The zero-order valence-electron chi connectivity index (χ0n) is 27.7. The first-order chi connectivity index (χ1) is 24.6. The van der Waals surface area contributed by atoms with Crippen LogP contribution in [0.4, 0.5) is 16.2 Å². The molecule has 1 aliphatic carbocycles. The highest BCUT2D eigenvalue weighted by Gasteiger charge is 2.26. The number of nitrogens with one attached hydrogen (secondary N) is 3. The van der Waals surface area contributed by atoms with E-state index < -0.39 is 16.1 Å². The second-order valence-corrected chi connectivity index (χ2v) is 14.6. The molecule has 0 unspecified atom stereocenters. The van der Waals surface area contributed by atoms with Gasteiger partial charge in [0.05, 0.1) is 33.5 Å². The number of pyridine rings is 3. The Morgan fingerprint density at radius 1 is 0.941 bits per heavy atom. The van der Waals surface area contributed by atoms with Crippen molar-refractivity contribution < 1.29 is 23.1 Å². The molecule has 260 valence electrons. The van der Waals surface area contributed by atoms with Crippen molar-refractivity contribution in [3.63, 3.8) is 0 Å². The van der Waals surface area contributed by atoms with Crippen LogP contribution >= 0.6 is 0 Å². The fraction of sp³-hybridized carbons (Fsp3) is 0.216. The lowest BCUT2D eigenvalue weighted by Gasteiger charge is -2.30. The normalized spacial score (nSPS) is 16.2. The molecule has 1 fully saturated rings. The molecule has 1 aliphatic rings. The predicted molar refractivity (Wildman–Crippen MR) is 195 cm³/mol. The minimum atomic E-state index is -4.08. The number of hydrogen-bond acceptors (Lipinski definition) is 9. The van der Waals surface area contributed by atoms with Crippen molar-refractivity contribution in [2.45, 2.75) is 56.1 Å². The van der Waals surface area contributed by atoms with Crippen molar-refractivity contribution in [1.29, 1.82) is 0 Å². The topological polar surface area (TPSA) is 194 Å². The van der Waals surface area contributed by atoms with Crippen LogP contribution < -0.4 is 21.7 Å². The predicted octanol–water partition coefficient (Wildman–Crippen LogP) is 5.69. The lowest BCUT2D eigenvalue weighted by atomic mass is 9.91. The first-order valence-corrected chi connectivity index (χ1v) is 18.0. The van der Waals surface area contributed by atoms with Crippen LogP contribution in [0.2, 0.25) is 0 Å². The van der Waals surface area contributed by atoms with E-state index in [1.54, 1.807) is 55.0 Å². The summed E-state index contributed by atoms with van der Waals surface area (Å²) in [6, 6.07) is 17.5. The van der Waals surface area contributed by atoms with Gasteiger partial charge in [0.1, 0.15) is 0 Å². The number of nitrogens with zero attached hydrogens (tertiary/aromatic N) is 4. The van der Waals surface area contributed by atoms with E-state index in [9.17, 15) is 18.0 Å². The van der Waals surface area contributed by atoms with Gasteiger partial charge in [-0.25, -0.2) is 22.2 Å². The molecule has 0 bridgehead atoms. The van der Waals surface area contributed by atoms with E-state index in [0.29, 0.717) is 46.2 Å². The van der Waals surface area contributed by atoms with Gasteiger partial charge in [-0.15, -0.1) is 0 Å². The van der Waals surface area contributed by atoms with Crippen LogP contribution in [0.25, 0.3) is 33.1 Å². The monoisotopic (exact) mass is 704 g/mol. The molecule has 4 aromatic heterocycles. The molecular formula is C37H36N8O5S. The molecule has 0 atom stereocenters. The SMILES string of the molecule is Cc1ccc(S(=O)(=O)n2cc(-c3ccc4ncc(N)c(NC5CCC(NC(=O)O)CC5)c4c3)c3cc(C(=O)NCc4cccnc4)cnc32)cc1. The van der Waals surface area contributed by atoms with E-state index in [2.05, 4.69) is 30.9 Å². The summed E-state index contributed by atoms with van der Waals surface area (Å²) < 4.78 is 29.3. The molecule has 51 heavy (non-hydrogen) atoms. The molecular weight excluding hydrogens is 669 g/mol. The molecule has 2 amide bonds. The summed E-state index contributed by atoms with van der Waals surface area (Å²) in [4.78, 5) is 37.7. The third-order valence-electron chi connectivity index (χ3n) is 9.24. The number of aryl methyl sites for hydroxylation is 1. The molecule has 6 N–H and O–H groups in total. The van der Waals surface area contributed by atoms with Crippen LogP contribution in [-0.4, -0.2) is 56.5 Å². The second kappa shape index (κ2) is 13.7. The van der Waals surface area contributed by atoms with Gasteiger partial charge in [-0.05, 0) is 80.1 Å². The van der Waals surface area contributed by atoms with Gasteiger partial charge >= 0.3 is 6.09 Å². The molecule has 14 heteroatoms. The summed E-state index contributed by atoms with van der Waals surface area (Å²) in [5, 5.41) is 19.4. The maximum Gasteiger partial charge on any atom is 0.404 e. The number of rotatable bonds is 9. The molecule has 0 spiro atoms. The number of amides is 2. The zero-order valence-corrected chi connectivity index (χ0v) is 28.5. The molecule has 7 rings (SSSR count). The maximum atomic E-state index is 14.1. The summed E-state index contributed by atoms with van der Waals surface area (Å²) in [6.07, 6.45) is 9.69. The summed E-state index contributed by atoms with van der Waals surface area (Å²) in [7, 11) is -4.08. The van der Waals surface area contributed by atoms with Crippen molar-refractivity contribution in [2.75, 3.05) is 11.1 Å². The number of fused-ring (bicyclic) bond motifs is 2. The number of nitrogen functional groups attached to an aromatic ring is 1. The molecule has 13 nitrogen and oxygen atoms in total. The smallest absolute Gasteiger partial charge is 0.404 e. The average Bonchev–Trinajstić information content (AvgIpc) is 3.53. The lowest BCUT2D eigenvalue weighted by Crippen LogP contribution is -2.39. The minimum absolute atomic E-state index is 0.0619. The molecule has 0 aliphatic heterocycles. The van der Waals surface area contributed by atoms with Crippen molar-refractivity contribution >= 4 is 55.3 Å². The highest BCUT2D eigenvalue weighted by Crippen LogP contribution is 2.37. The molecule has 4 heterocycles. The summed E-state index contributed by atoms with van der Waals surface area (Å²) >= 11 is 0. The number of carbonyl (C=O) groups is 2. The molecule has 6 aromatic rings. The number of carbonyl (C=O) groups excluding carboxylic acids is 1. The van der Waals surface area contributed by atoms with Gasteiger partial charge in [-0.3, -0.25) is 14.8 Å². The maximum absolute atomic E-state index is 14.1. The summed E-state index contributed by atoms with van der Waals surface area (Å²) in [5.41, 5.74) is 11.7. The van der Waals surface area contributed by atoms with E-state index >= 15 is 0 Å². The van der Waals surface area contributed by atoms with Gasteiger partial charge in [0, 0.05) is 59.8 Å². The Hall–Kier alpha value is -6.02. The Balaban J connectivity index is 1.30. The van der Waals surface area contributed by atoms with Crippen molar-refractivity contribution in [1.82, 2.24) is 29.6 Å². The molecule has 1 saturated carbocycles. The fourth-order valence-corrected chi connectivity index (χ4v) is 7.85. The van der Waals surface area contributed by atoms with Crippen LogP contribution in [0, 0.1) is 6.92 Å². The fourth-order valence-electron chi connectivity index (χ4n) is 6.53. The summed E-state index contributed by atoms with van der Waals surface area (Å²) in [6.45, 7) is 2.14. The number of hydrogen-bond donors (Lipinski definition) is 5. The van der Waals surface area contributed by atoms with Gasteiger partial charge in [-0.2, -0.15) is 0 Å². The van der Waals surface area contributed by atoms with Crippen LogP contribution in [0.1, 0.15) is 47.2 Å². The largest absolute Gasteiger partial charge is 0.465 e. The first-order valence-electron chi connectivity index (χ1n) is 16.5. The standard InChI is InChI=1S/C37H36N8O5S/c1-22-4-11-28(12-5-22)51(49,50)45-21-31(29-16-25(19-41-35(29)45)36(46)42-18-23-3-2-14-39-17-23)24-6-13-33-30(15-24)34(32(38)20-40-33)43-26-7-9-27(10-8-26)44-37(47)48/h2-6,11-17,19-21,26-27,44H,7-10,18,38H2,1H3,(H,40,43)(H,42,46)(H,47,48). The summed E-state index contributed by atoms with van der Waals surface area (Å²) in [5.74, 6) is -0.372. The third kappa shape index (κ3) is 6.90. The van der Waals surface area contributed by atoms with Crippen LogP contribution in [0.3, 0.4) is 0 Å². The number of carboxylic acid groups (broad SMARTS) is 1. The Bertz CT molecular complexity index is 2370. The number of anilines is 2. The highest BCUT2D eigenvalue weighted by molar-refractivity contribution is 7.90. The number of benzene rings is 2. The molecule has 0 radical (unpaired) electrons. The quantitative estimate of drug-likeness (QED) is 0.125. The van der Waals surface area contributed by atoms with Crippen molar-refractivity contribution in [3.05, 3.63) is 108 Å². The number of aromatic nitrogens is 4. The Labute approximate surface area is 294 Å². The van der Waals surface area contributed by atoms with Crippen LogP contribution in [0.15, 0.2) is 96.5 Å². The first kappa shape index (κ1) is 33.5. The van der Waals surface area contributed by atoms with Crippen molar-refractivity contribution in [2.24, 2.45) is 0 Å². The molecule has 2 aromatic carbocycles. The Morgan fingerprint density at radius 2 is 1.71 bits per heavy atom. The van der Waals surface area contributed by atoms with Crippen LogP contribution in [0.5, 0.6) is 0 Å². The second-order valence-electron chi connectivity index (χ2n) is 12.8. The van der Waals surface area contributed by atoms with Crippen molar-refractivity contribution in [3.8, 4) is 11.1 Å². The lowest BCUT2D eigenvalue weighted by molar-refractivity contribution is 0.0950. The third-order valence-corrected chi connectivity index (χ3v) is 10.9. The number of nitrogens with two attached hydrogens (primary N) is 1. The van der Waals surface area contributed by atoms with E-state index in [1.807, 2.05) is 31.2 Å². The van der Waals surface area contributed by atoms with Gasteiger partial charge in [0.25, 0.3) is 15.9 Å². The van der Waals surface area contributed by atoms with Gasteiger partial charge < -0.3 is 26.8 Å². The average molecular weight is 705 g/mol. The van der Waals surface area contributed by atoms with E-state index in [-0.39, 0.29) is 40.6 Å². The Kier molecular flexibility index (Phi) is 9.00. The highest BCUT2D eigenvalue weighted by atomic mass is 32.2. The van der Waals surface area contributed by atoms with Gasteiger partial charge in [0.15, 0.2) is 5.65 Å². The van der Waals surface area contributed by atoms with Crippen LogP contribution in [-0.2, 0) is 16.6 Å². The van der Waals surface area contributed by atoms with Gasteiger partial charge in [-0.1, -0.05) is 29.8 Å². The molecule has 0 saturated heterocycles. The minimum Gasteiger partial charge on any atom is -0.465 e. The Morgan fingerprint density at radius 3 is 2.43 bits per heavy atom. The van der Waals surface area contributed by atoms with E-state index in [4.69, 9.17) is 10.8 Å². The zero-order chi connectivity index (χ0) is 35.7. The van der Waals surface area contributed by atoms with E-state index in [1.165, 1.54) is 12.4 Å². The van der Waals surface area contributed by atoms with Gasteiger partial charge in [0.2, 0.25) is 0 Å².